The first-order valence-corrected chi connectivity index (χ1v) is 14.1. The Labute approximate surface area is 237 Å². The lowest BCUT2D eigenvalue weighted by atomic mass is 9.82. The lowest BCUT2D eigenvalue weighted by Crippen LogP contribution is -2.15. The molecule has 6 rings (SSSR count). The van der Waals surface area contributed by atoms with Crippen molar-refractivity contribution in [1.29, 1.82) is 0 Å². The van der Waals surface area contributed by atoms with Gasteiger partial charge in [0, 0.05) is 16.7 Å². The van der Waals surface area contributed by atoms with Crippen molar-refractivity contribution in [1.82, 2.24) is 15.0 Å². The molecule has 4 aromatic rings. The van der Waals surface area contributed by atoms with Gasteiger partial charge in [-0.2, -0.15) is 0 Å². The molecule has 1 aromatic heterocycles. The van der Waals surface area contributed by atoms with Crippen LogP contribution in [0, 0.1) is 11.8 Å². The van der Waals surface area contributed by atoms with Crippen LogP contribution in [-0.4, -0.2) is 15.0 Å². The van der Waals surface area contributed by atoms with Crippen LogP contribution in [0.2, 0.25) is 0 Å². The van der Waals surface area contributed by atoms with Crippen molar-refractivity contribution in [3.63, 3.8) is 0 Å². The largest absolute Gasteiger partial charge is 0.209 e. The Morgan fingerprint density at radius 2 is 1.18 bits per heavy atom. The van der Waals surface area contributed by atoms with E-state index in [1.807, 2.05) is 12.1 Å². The molecule has 2 aliphatic rings. The standard InChI is InChI=1S/C37H33N3/c1-26(2)33-18-9-10-19-34(33)37-39-35(31-17-11-16-29(20-23-31)27-12-5-3-6-13-27)38-36(40-37)32-24-21-30(22-25-32)28-14-7-4-8-15-28/h3-10,12-17,19-26,33H,11,18H2,1-2H3. The quantitative estimate of drug-likeness (QED) is 0.255. The van der Waals surface area contributed by atoms with Crippen LogP contribution >= 0.6 is 0 Å². The zero-order valence-electron chi connectivity index (χ0n) is 23.0. The molecular formula is C37H33N3. The first-order chi connectivity index (χ1) is 19.7. The molecule has 1 heterocycles. The van der Waals surface area contributed by atoms with Crippen LogP contribution in [0.1, 0.15) is 43.9 Å². The molecule has 1 unspecified atom stereocenters. The van der Waals surface area contributed by atoms with E-state index in [4.69, 9.17) is 15.0 Å². The molecular weight excluding hydrogens is 486 g/mol. The summed E-state index contributed by atoms with van der Waals surface area (Å²) < 4.78 is 0. The maximum absolute atomic E-state index is 5.08. The number of hydrogen-bond donors (Lipinski definition) is 0. The van der Waals surface area contributed by atoms with Gasteiger partial charge in [-0.05, 0) is 46.9 Å². The number of rotatable bonds is 6. The highest BCUT2D eigenvalue weighted by atomic mass is 15.0. The van der Waals surface area contributed by atoms with Gasteiger partial charge in [0.05, 0.1) is 0 Å². The second-order valence-electron chi connectivity index (χ2n) is 10.6. The predicted octanol–water partition coefficient (Wildman–Crippen LogP) is 9.25. The highest BCUT2D eigenvalue weighted by molar-refractivity contribution is 5.82. The summed E-state index contributed by atoms with van der Waals surface area (Å²) in [5.41, 5.74) is 7.97. The molecule has 0 aliphatic heterocycles. The minimum absolute atomic E-state index is 0.374. The SMILES string of the molecule is CC(C)C1CC=CC=C1c1nc(C2=CCC=C(c3ccccc3)C=C2)nc(-c2ccc(-c3ccccc3)cc2)n1. The number of allylic oxidation sites excluding steroid dienone is 10. The smallest absolute Gasteiger partial charge is 0.164 e. The average molecular weight is 520 g/mol. The molecule has 2 aliphatic carbocycles. The van der Waals surface area contributed by atoms with Gasteiger partial charge in [-0.25, -0.2) is 15.0 Å². The molecule has 0 N–H and O–H groups in total. The maximum atomic E-state index is 5.08. The van der Waals surface area contributed by atoms with Crippen molar-refractivity contribution < 1.29 is 0 Å². The van der Waals surface area contributed by atoms with Crippen molar-refractivity contribution in [2.75, 3.05) is 0 Å². The molecule has 3 heteroatoms. The molecule has 0 spiro atoms. The topological polar surface area (TPSA) is 38.7 Å². The summed E-state index contributed by atoms with van der Waals surface area (Å²) in [4.78, 5) is 15.2. The van der Waals surface area contributed by atoms with Gasteiger partial charge < -0.3 is 0 Å². The summed E-state index contributed by atoms with van der Waals surface area (Å²) in [7, 11) is 0. The summed E-state index contributed by atoms with van der Waals surface area (Å²) >= 11 is 0. The Kier molecular flexibility index (Phi) is 7.45. The van der Waals surface area contributed by atoms with Crippen LogP contribution in [-0.2, 0) is 0 Å². The Hall–Kier alpha value is -4.63. The van der Waals surface area contributed by atoms with Gasteiger partial charge in [0.15, 0.2) is 17.5 Å². The van der Waals surface area contributed by atoms with E-state index in [0.29, 0.717) is 23.5 Å². The van der Waals surface area contributed by atoms with E-state index in [1.165, 1.54) is 27.8 Å². The first kappa shape index (κ1) is 25.6. The molecule has 0 saturated carbocycles. The van der Waals surface area contributed by atoms with Crippen LogP contribution in [0.4, 0.5) is 0 Å². The van der Waals surface area contributed by atoms with E-state index >= 15 is 0 Å². The van der Waals surface area contributed by atoms with Gasteiger partial charge in [-0.15, -0.1) is 0 Å². The van der Waals surface area contributed by atoms with Crippen molar-refractivity contribution in [3.8, 4) is 22.5 Å². The zero-order chi connectivity index (χ0) is 27.3. The van der Waals surface area contributed by atoms with E-state index in [2.05, 4.69) is 129 Å². The molecule has 0 bridgehead atoms. The van der Waals surface area contributed by atoms with Crippen LogP contribution < -0.4 is 0 Å². The number of nitrogens with zero attached hydrogens (tertiary/aromatic N) is 3. The Balaban J connectivity index is 1.41. The Morgan fingerprint density at radius 3 is 1.90 bits per heavy atom. The summed E-state index contributed by atoms with van der Waals surface area (Å²) in [6, 6.07) is 29.5. The monoisotopic (exact) mass is 519 g/mol. The average Bonchev–Trinajstić information content (AvgIpc) is 3.28. The molecule has 196 valence electrons. The fourth-order valence-corrected chi connectivity index (χ4v) is 5.36. The number of hydrogen-bond acceptors (Lipinski definition) is 3. The van der Waals surface area contributed by atoms with Gasteiger partial charge >= 0.3 is 0 Å². The minimum atomic E-state index is 0.374. The van der Waals surface area contributed by atoms with Crippen LogP contribution in [0.25, 0.3) is 39.2 Å². The molecule has 3 aromatic carbocycles. The molecule has 0 saturated heterocycles. The van der Waals surface area contributed by atoms with Crippen molar-refractivity contribution >= 4 is 16.7 Å². The van der Waals surface area contributed by atoms with Gasteiger partial charge in [-0.3, -0.25) is 0 Å². The van der Waals surface area contributed by atoms with Gasteiger partial charge in [0.1, 0.15) is 0 Å². The number of benzene rings is 3. The van der Waals surface area contributed by atoms with E-state index in [1.54, 1.807) is 0 Å². The highest BCUT2D eigenvalue weighted by Gasteiger charge is 2.24. The maximum Gasteiger partial charge on any atom is 0.164 e. The minimum Gasteiger partial charge on any atom is -0.209 e. The molecule has 0 radical (unpaired) electrons. The van der Waals surface area contributed by atoms with Crippen molar-refractivity contribution in [3.05, 3.63) is 145 Å². The third-order valence-corrected chi connectivity index (χ3v) is 7.63. The normalized spacial score (nSPS) is 16.8. The second-order valence-corrected chi connectivity index (χ2v) is 10.6. The number of aromatic nitrogens is 3. The lowest BCUT2D eigenvalue weighted by Gasteiger charge is -2.24. The summed E-state index contributed by atoms with van der Waals surface area (Å²) in [5, 5.41) is 0. The van der Waals surface area contributed by atoms with Crippen LogP contribution in [0.3, 0.4) is 0 Å². The predicted molar refractivity (Wildman–Crippen MR) is 167 cm³/mol. The molecule has 3 nitrogen and oxygen atoms in total. The third kappa shape index (κ3) is 5.55. The van der Waals surface area contributed by atoms with Crippen LogP contribution in [0.15, 0.2) is 127 Å². The molecule has 0 fully saturated rings. The third-order valence-electron chi connectivity index (χ3n) is 7.63. The highest BCUT2D eigenvalue weighted by Crippen LogP contribution is 2.35. The fraction of sp³-hybridized carbons (Fsp3) is 0.162. The van der Waals surface area contributed by atoms with Crippen molar-refractivity contribution in [2.45, 2.75) is 26.7 Å². The molecule has 1 atom stereocenters. The van der Waals surface area contributed by atoms with Crippen molar-refractivity contribution in [2.24, 2.45) is 11.8 Å². The molecule has 0 amide bonds. The summed E-state index contributed by atoms with van der Waals surface area (Å²) in [6.45, 7) is 4.55. The van der Waals surface area contributed by atoms with Gasteiger partial charge in [0.2, 0.25) is 0 Å². The van der Waals surface area contributed by atoms with Crippen LogP contribution in [0.5, 0.6) is 0 Å². The molecule has 40 heavy (non-hydrogen) atoms. The fourth-order valence-electron chi connectivity index (χ4n) is 5.36. The lowest BCUT2D eigenvalue weighted by molar-refractivity contribution is 0.479. The van der Waals surface area contributed by atoms with E-state index in [9.17, 15) is 0 Å². The first-order valence-electron chi connectivity index (χ1n) is 14.1. The second kappa shape index (κ2) is 11.6. The van der Waals surface area contributed by atoms with E-state index < -0.39 is 0 Å². The van der Waals surface area contributed by atoms with E-state index in [0.717, 1.165) is 29.8 Å². The Bertz CT molecular complexity index is 1640. The summed E-state index contributed by atoms with van der Waals surface area (Å²) in [6.07, 6.45) is 17.2. The Morgan fingerprint density at radius 1 is 0.600 bits per heavy atom. The van der Waals surface area contributed by atoms with Gasteiger partial charge in [0.25, 0.3) is 0 Å². The van der Waals surface area contributed by atoms with Gasteiger partial charge in [-0.1, -0.05) is 141 Å². The zero-order valence-corrected chi connectivity index (χ0v) is 23.0. The summed E-state index contributed by atoms with van der Waals surface area (Å²) in [5.74, 6) is 3.04. The van der Waals surface area contributed by atoms with E-state index in [-0.39, 0.29) is 0 Å².